The first-order valence-corrected chi connectivity index (χ1v) is 8.92. The Bertz CT molecular complexity index is 661. The van der Waals surface area contributed by atoms with E-state index in [1.807, 2.05) is 18.2 Å². The van der Waals surface area contributed by atoms with E-state index >= 15 is 0 Å². The molecule has 0 radical (unpaired) electrons. The summed E-state index contributed by atoms with van der Waals surface area (Å²) in [5.74, 6) is 0.248. The van der Waals surface area contributed by atoms with E-state index in [9.17, 15) is 4.79 Å². The molecule has 25 heavy (non-hydrogen) atoms. The van der Waals surface area contributed by atoms with Crippen molar-refractivity contribution in [3.63, 3.8) is 0 Å². The van der Waals surface area contributed by atoms with Gasteiger partial charge in [0.1, 0.15) is 5.75 Å². The molecule has 0 aromatic heterocycles. The summed E-state index contributed by atoms with van der Waals surface area (Å²) in [6, 6.07) is 19.0. The molecule has 0 spiro atoms. The van der Waals surface area contributed by atoms with Crippen molar-refractivity contribution in [1.29, 1.82) is 0 Å². The summed E-state index contributed by atoms with van der Waals surface area (Å²) in [6.07, 6.45) is 4.74. The molecule has 0 unspecified atom stereocenters. The number of hydrogen-bond acceptors (Lipinski definition) is 3. The van der Waals surface area contributed by atoms with Crippen LogP contribution in [0.1, 0.15) is 42.7 Å². The minimum Gasteiger partial charge on any atom is -0.482 e. The predicted octanol–water partition coefficient (Wildman–Crippen LogP) is 3.97. The Hall–Kier alpha value is -2.33. The van der Waals surface area contributed by atoms with Gasteiger partial charge in [0.15, 0.2) is 6.61 Å². The van der Waals surface area contributed by atoms with Gasteiger partial charge in [-0.2, -0.15) is 0 Å². The maximum atomic E-state index is 10.5. The van der Waals surface area contributed by atoms with E-state index in [4.69, 9.17) is 9.84 Å². The minimum atomic E-state index is -0.953. The first-order chi connectivity index (χ1) is 12.2. The molecule has 4 nitrogen and oxygen atoms in total. The lowest BCUT2D eigenvalue weighted by Crippen LogP contribution is -2.32. The Morgan fingerprint density at radius 1 is 1.00 bits per heavy atom. The smallest absolute Gasteiger partial charge is 0.341 e. The van der Waals surface area contributed by atoms with Crippen molar-refractivity contribution < 1.29 is 14.6 Å². The molecule has 3 rings (SSSR count). The molecular formula is C21H25NO3. The molecule has 2 aromatic carbocycles. The van der Waals surface area contributed by atoms with Crippen LogP contribution in [0.5, 0.6) is 5.75 Å². The van der Waals surface area contributed by atoms with E-state index in [0.29, 0.717) is 17.7 Å². The number of carbonyl (C=O) groups is 1. The maximum Gasteiger partial charge on any atom is 0.341 e. The average molecular weight is 339 g/mol. The molecule has 0 heterocycles. The highest BCUT2D eigenvalue weighted by Gasteiger charge is 2.22. The highest BCUT2D eigenvalue weighted by molar-refractivity contribution is 5.68. The molecule has 0 saturated heterocycles. The number of aliphatic carboxylic acids is 1. The van der Waals surface area contributed by atoms with E-state index in [-0.39, 0.29) is 6.61 Å². The average Bonchev–Trinajstić information content (AvgIpc) is 2.66. The van der Waals surface area contributed by atoms with Gasteiger partial charge in [-0.3, -0.25) is 0 Å². The van der Waals surface area contributed by atoms with Gasteiger partial charge in [-0.15, -0.1) is 0 Å². The number of rotatable bonds is 7. The zero-order chi connectivity index (χ0) is 17.5. The summed E-state index contributed by atoms with van der Waals surface area (Å²) >= 11 is 0. The molecule has 132 valence electrons. The summed E-state index contributed by atoms with van der Waals surface area (Å²) < 4.78 is 5.19. The SMILES string of the molecule is O=C(O)COc1ccc(C2CCC(NCc3ccccc3)CC2)cc1. The fraction of sp³-hybridized carbons (Fsp3) is 0.381. The molecule has 0 atom stereocenters. The topological polar surface area (TPSA) is 58.6 Å². The van der Waals surface area contributed by atoms with Gasteiger partial charge in [0.05, 0.1) is 0 Å². The van der Waals surface area contributed by atoms with Crippen LogP contribution in [0.3, 0.4) is 0 Å². The molecule has 0 bridgehead atoms. The fourth-order valence-corrected chi connectivity index (χ4v) is 3.47. The van der Waals surface area contributed by atoms with Gasteiger partial charge in [-0.05, 0) is 54.9 Å². The highest BCUT2D eigenvalue weighted by atomic mass is 16.5. The molecule has 1 saturated carbocycles. The summed E-state index contributed by atoms with van der Waals surface area (Å²) in [4.78, 5) is 10.5. The van der Waals surface area contributed by atoms with Gasteiger partial charge in [-0.25, -0.2) is 4.79 Å². The Morgan fingerprint density at radius 3 is 2.32 bits per heavy atom. The van der Waals surface area contributed by atoms with Crippen LogP contribution in [0.15, 0.2) is 54.6 Å². The van der Waals surface area contributed by atoms with E-state index in [1.165, 1.54) is 36.8 Å². The van der Waals surface area contributed by atoms with Crippen LogP contribution in [0.25, 0.3) is 0 Å². The third-order valence-electron chi connectivity index (χ3n) is 4.88. The van der Waals surface area contributed by atoms with Crippen molar-refractivity contribution in [3.8, 4) is 5.75 Å². The first-order valence-electron chi connectivity index (χ1n) is 8.92. The monoisotopic (exact) mass is 339 g/mol. The summed E-state index contributed by atoms with van der Waals surface area (Å²) in [5.41, 5.74) is 2.66. The predicted molar refractivity (Wildman–Crippen MR) is 97.9 cm³/mol. The van der Waals surface area contributed by atoms with E-state index < -0.39 is 5.97 Å². The third kappa shape index (κ3) is 5.33. The third-order valence-corrected chi connectivity index (χ3v) is 4.88. The summed E-state index contributed by atoms with van der Waals surface area (Å²) in [5, 5.41) is 12.3. The maximum absolute atomic E-state index is 10.5. The number of benzene rings is 2. The lowest BCUT2D eigenvalue weighted by atomic mass is 9.81. The molecule has 2 aromatic rings. The molecule has 2 N–H and O–H groups in total. The molecule has 0 aliphatic heterocycles. The van der Waals surface area contributed by atoms with Crippen LogP contribution in [-0.4, -0.2) is 23.7 Å². The zero-order valence-corrected chi connectivity index (χ0v) is 14.4. The molecule has 0 amide bonds. The van der Waals surface area contributed by atoms with Crippen LogP contribution in [0.2, 0.25) is 0 Å². The van der Waals surface area contributed by atoms with Gasteiger partial charge in [0.25, 0.3) is 0 Å². The van der Waals surface area contributed by atoms with Gasteiger partial charge in [0, 0.05) is 12.6 Å². The largest absolute Gasteiger partial charge is 0.482 e. The second kappa shape index (κ2) is 8.67. The molecule has 1 aliphatic carbocycles. The van der Waals surface area contributed by atoms with Crippen molar-refractivity contribution in [2.75, 3.05) is 6.61 Å². The van der Waals surface area contributed by atoms with Crippen molar-refractivity contribution in [2.24, 2.45) is 0 Å². The van der Waals surface area contributed by atoms with Gasteiger partial charge in [-0.1, -0.05) is 42.5 Å². The second-order valence-corrected chi connectivity index (χ2v) is 6.67. The lowest BCUT2D eigenvalue weighted by molar-refractivity contribution is -0.139. The number of nitrogens with one attached hydrogen (secondary N) is 1. The standard InChI is InChI=1S/C21H25NO3/c23-21(24)15-25-20-12-8-18(9-13-20)17-6-10-19(11-7-17)22-14-16-4-2-1-3-5-16/h1-5,8-9,12-13,17,19,22H,6-7,10-11,14-15H2,(H,23,24). The number of carboxylic acids is 1. The molecule has 1 fully saturated rings. The number of hydrogen-bond donors (Lipinski definition) is 2. The van der Waals surface area contributed by atoms with Crippen LogP contribution < -0.4 is 10.1 Å². The summed E-state index contributed by atoms with van der Waals surface area (Å²) in [7, 11) is 0. The van der Waals surface area contributed by atoms with Crippen molar-refractivity contribution in [2.45, 2.75) is 44.2 Å². The normalized spacial score (nSPS) is 20.2. The van der Waals surface area contributed by atoms with Gasteiger partial charge in [0.2, 0.25) is 0 Å². The molecule has 1 aliphatic rings. The number of ether oxygens (including phenoxy) is 1. The van der Waals surface area contributed by atoms with Crippen LogP contribution in [-0.2, 0) is 11.3 Å². The van der Waals surface area contributed by atoms with Gasteiger partial charge < -0.3 is 15.2 Å². The minimum absolute atomic E-state index is 0.294. The Labute approximate surface area is 148 Å². The quantitative estimate of drug-likeness (QED) is 0.801. The van der Waals surface area contributed by atoms with E-state index in [0.717, 1.165) is 6.54 Å². The zero-order valence-electron chi connectivity index (χ0n) is 14.4. The van der Waals surface area contributed by atoms with Crippen LogP contribution in [0, 0.1) is 0 Å². The molecule has 4 heteroatoms. The van der Waals surface area contributed by atoms with Gasteiger partial charge >= 0.3 is 5.97 Å². The Kier molecular flexibility index (Phi) is 6.07. The van der Waals surface area contributed by atoms with E-state index in [2.05, 4.69) is 41.7 Å². The highest BCUT2D eigenvalue weighted by Crippen LogP contribution is 2.33. The van der Waals surface area contributed by atoms with Crippen molar-refractivity contribution >= 4 is 5.97 Å². The molecular weight excluding hydrogens is 314 g/mol. The first kappa shape index (κ1) is 17.5. The van der Waals surface area contributed by atoms with Crippen molar-refractivity contribution in [3.05, 3.63) is 65.7 Å². The van der Waals surface area contributed by atoms with Crippen LogP contribution >= 0.6 is 0 Å². The summed E-state index contributed by atoms with van der Waals surface area (Å²) in [6.45, 7) is 0.642. The van der Waals surface area contributed by atoms with Crippen molar-refractivity contribution in [1.82, 2.24) is 5.32 Å². The lowest BCUT2D eigenvalue weighted by Gasteiger charge is -2.29. The Morgan fingerprint density at radius 2 is 1.68 bits per heavy atom. The van der Waals surface area contributed by atoms with E-state index in [1.54, 1.807) is 0 Å². The second-order valence-electron chi connectivity index (χ2n) is 6.67. The Balaban J connectivity index is 1.44. The number of carboxylic acid groups (broad SMARTS) is 1. The van der Waals surface area contributed by atoms with Crippen LogP contribution in [0.4, 0.5) is 0 Å². The fourth-order valence-electron chi connectivity index (χ4n) is 3.47.